The molecule has 0 spiro atoms. The molecule has 0 aromatic rings. The van der Waals surface area contributed by atoms with Gasteiger partial charge in [0.05, 0.1) is 0 Å². The van der Waals surface area contributed by atoms with Gasteiger partial charge in [-0.25, -0.2) is 0 Å². The van der Waals surface area contributed by atoms with Crippen molar-refractivity contribution in [1.29, 1.82) is 0 Å². The van der Waals surface area contributed by atoms with Crippen LogP contribution in [0.2, 0.25) is 0 Å². The first-order chi connectivity index (χ1) is 9.52. The molecule has 1 saturated heterocycles. The van der Waals surface area contributed by atoms with Crippen LogP contribution in [0.25, 0.3) is 0 Å². The Morgan fingerprint density at radius 2 is 1.70 bits per heavy atom. The standard InChI is InChI=1S/C18H36N2/c1-5-10-15-14-20(16-11-8-6-7-9-12-16)17(13-19-15)18(2,3)4/h15-17,19H,5-14H2,1-4H3. The Kier molecular flexibility index (Phi) is 5.92. The van der Waals surface area contributed by atoms with Crippen LogP contribution in [0.1, 0.15) is 79.1 Å². The van der Waals surface area contributed by atoms with Crippen molar-refractivity contribution in [3.8, 4) is 0 Å². The van der Waals surface area contributed by atoms with Crippen molar-refractivity contribution in [3.63, 3.8) is 0 Å². The van der Waals surface area contributed by atoms with Gasteiger partial charge in [0.25, 0.3) is 0 Å². The van der Waals surface area contributed by atoms with E-state index in [1.807, 2.05) is 0 Å². The van der Waals surface area contributed by atoms with Crippen molar-refractivity contribution >= 4 is 0 Å². The average molecular weight is 280 g/mol. The minimum atomic E-state index is 0.385. The van der Waals surface area contributed by atoms with Crippen LogP contribution < -0.4 is 5.32 Å². The fourth-order valence-corrected chi connectivity index (χ4v) is 4.18. The van der Waals surface area contributed by atoms with Gasteiger partial charge in [-0.05, 0) is 24.7 Å². The second-order valence-corrected chi connectivity index (χ2v) is 8.12. The van der Waals surface area contributed by atoms with Gasteiger partial charge < -0.3 is 5.32 Å². The number of hydrogen-bond acceptors (Lipinski definition) is 2. The van der Waals surface area contributed by atoms with E-state index in [4.69, 9.17) is 0 Å². The summed E-state index contributed by atoms with van der Waals surface area (Å²) >= 11 is 0. The predicted molar refractivity (Wildman–Crippen MR) is 88.1 cm³/mol. The minimum Gasteiger partial charge on any atom is -0.311 e. The highest BCUT2D eigenvalue weighted by atomic mass is 15.3. The number of hydrogen-bond donors (Lipinski definition) is 1. The molecule has 0 amide bonds. The molecule has 2 aliphatic rings. The summed E-state index contributed by atoms with van der Waals surface area (Å²) in [5.74, 6) is 0. The van der Waals surface area contributed by atoms with Crippen LogP contribution in [0, 0.1) is 5.41 Å². The number of piperazine rings is 1. The van der Waals surface area contributed by atoms with Crippen LogP contribution in [-0.4, -0.2) is 36.1 Å². The van der Waals surface area contributed by atoms with Gasteiger partial charge in [0, 0.05) is 31.2 Å². The Morgan fingerprint density at radius 1 is 1.05 bits per heavy atom. The zero-order valence-corrected chi connectivity index (χ0v) is 14.3. The van der Waals surface area contributed by atoms with Gasteiger partial charge in [-0.15, -0.1) is 0 Å². The zero-order chi connectivity index (χ0) is 14.6. The van der Waals surface area contributed by atoms with Gasteiger partial charge >= 0.3 is 0 Å². The van der Waals surface area contributed by atoms with Crippen LogP contribution >= 0.6 is 0 Å². The normalized spacial score (nSPS) is 31.2. The molecule has 0 bridgehead atoms. The third kappa shape index (κ3) is 4.21. The zero-order valence-electron chi connectivity index (χ0n) is 14.3. The second-order valence-electron chi connectivity index (χ2n) is 8.12. The van der Waals surface area contributed by atoms with Crippen LogP contribution in [0.5, 0.6) is 0 Å². The molecule has 2 fully saturated rings. The quantitative estimate of drug-likeness (QED) is 0.780. The summed E-state index contributed by atoms with van der Waals surface area (Å²) in [5, 5.41) is 3.82. The molecule has 0 aromatic carbocycles. The maximum absolute atomic E-state index is 3.82. The molecule has 0 aromatic heterocycles. The molecule has 20 heavy (non-hydrogen) atoms. The number of nitrogens with zero attached hydrogens (tertiary/aromatic N) is 1. The summed E-state index contributed by atoms with van der Waals surface area (Å²) in [6.45, 7) is 12.0. The lowest BCUT2D eigenvalue weighted by Crippen LogP contribution is -2.63. The van der Waals surface area contributed by atoms with Gasteiger partial charge in [-0.3, -0.25) is 4.90 Å². The highest BCUT2D eigenvalue weighted by Crippen LogP contribution is 2.32. The fraction of sp³-hybridized carbons (Fsp3) is 1.00. The van der Waals surface area contributed by atoms with Crippen molar-refractivity contribution in [3.05, 3.63) is 0 Å². The molecule has 0 radical (unpaired) electrons. The third-order valence-corrected chi connectivity index (χ3v) is 5.36. The lowest BCUT2D eigenvalue weighted by molar-refractivity contribution is 0.0137. The lowest BCUT2D eigenvalue weighted by Gasteiger charge is -2.50. The first-order valence-electron chi connectivity index (χ1n) is 9.01. The van der Waals surface area contributed by atoms with E-state index >= 15 is 0 Å². The smallest absolute Gasteiger partial charge is 0.0272 e. The molecule has 1 aliphatic carbocycles. The Labute approximate surface area is 126 Å². The van der Waals surface area contributed by atoms with Crippen molar-refractivity contribution in [1.82, 2.24) is 10.2 Å². The topological polar surface area (TPSA) is 15.3 Å². The summed E-state index contributed by atoms with van der Waals surface area (Å²) in [4.78, 5) is 2.90. The van der Waals surface area contributed by atoms with Gasteiger partial charge in [-0.1, -0.05) is 59.8 Å². The van der Waals surface area contributed by atoms with Crippen LogP contribution in [0.3, 0.4) is 0 Å². The largest absolute Gasteiger partial charge is 0.311 e. The molecular weight excluding hydrogens is 244 g/mol. The van der Waals surface area contributed by atoms with E-state index in [9.17, 15) is 0 Å². The summed E-state index contributed by atoms with van der Waals surface area (Å²) < 4.78 is 0. The average Bonchev–Trinajstić information content (AvgIpc) is 2.66. The van der Waals surface area contributed by atoms with Crippen LogP contribution in [0.15, 0.2) is 0 Å². The van der Waals surface area contributed by atoms with Crippen molar-refractivity contribution in [2.45, 2.75) is 97.2 Å². The van der Waals surface area contributed by atoms with Crippen molar-refractivity contribution in [2.75, 3.05) is 13.1 Å². The van der Waals surface area contributed by atoms with E-state index in [2.05, 4.69) is 37.9 Å². The molecule has 1 heterocycles. The predicted octanol–water partition coefficient (Wildman–Crippen LogP) is 4.20. The second kappa shape index (κ2) is 7.26. The summed E-state index contributed by atoms with van der Waals surface area (Å²) in [7, 11) is 0. The first-order valence-corrected chi connectivity index (χ1v) is 9.01. The van der Waals surface area contributed by atoms with Crippen molar-refractivity contribution < 1.29 is 0 Å². The molecule has 2 heteroatoms. The Morgan fingerprint density at radius 3 is 2.25 bits per heavy atom. The SMILES string of the molecule is CCCC1CN(C2CCCCCC2)C(C(C)(C)C)CN1. The summed E-state index contributed by atoms with van der Waals surface area (Å²) in [6, 6.07) is 2.28. The monoisotopic (exact) mass is 280 g/mol. The number of nitrogens with one attached hydrogen (secondary N) is 1. The summed E-state index contributed by atoms with van der Waals surface area (Å²) in [5.41, 5.74) is 0.385. The van der Waals surface area contributed by atoms with Gasteiger partial charge in [0.1, 0.15) is 0 Å². The Balaban J connectivity index is 2.07. The molecule has 118 valence electrons. The highest BCUT2D eigenvalue weighted by molar-refractivity contribution is 4.95. The van der Waals surface area contributed by atoms with E-state index in [-0.39, 0.29) is 0 Å². The lowest BCUT2D eigenvalue weighted by atomic mass is 9.82. The van der Waals surface area contributed by atoms with Gasteiger partial charge in [0.15, 0.2) is 0 Å². The molecule has 1 aliphatic heterocycles. The van der Waals surface area contributed by atoms with E-state index < -0.39 is 0 Å². The maximum atomic E-state index is 3.82. The van der Waals surface area contributed by atoms with E-state index in [1.54, 1.807) is 0 Å². The summed E-state index contributed by atoms with van der Waals surface area (Å²) in [6.07, 6.45) is 11.3. The van der Waals surface area contributed by atoms with Gasteiger partial charge in [-0.2, -0.15) is 0 Å². The molecule has 2 atom stereocenters. The van der Waals surface area contributed by atoms with Gasteiger partial charge in [0.2, 0.25) is 0 Å². The number of rotatable bonds is 3. The van der Waals surface area contributed by atoms with Crippen LogP contribution in [0.4, 0.5) is 0 Å². The van der Waals surface area contributed by atoms with E-state index in [0.717, 1.165) is 12.1 Å². The minimum absolute atomic E-state index is 0.385. The van der Waals surface area contributed by atoms with Crippen molar-refractivity contribution in [2.24, 2.45) is 5.41 Å². The molecular formula is C18H36N2. The van der Waals surface area contributed by atoms with E-state index in [1.165, 1.54) is 64.5 Å². The molecule has 2 rings (SSSR count). The maximum Gasteiger partial charge on any atom is 0.0272 e. The highest BCUT2D eigenvalue weighted by Gasteiger charge is 2.38. The Hall–Kier alpha value is -0.0800. The van der Waals surface area contributed by atoms with Crippen LogP contribution in [-0.2, 0) is 0 Å². The molecule has 1 N–H and O–H groups in total. The fourth-order valence-electron chi connectivity index (χ4n) is 4.18. The first kappa shape index (κ1) is 16.3. The molecule has 1 saturated carbocycles. The molecule has 2 nitrogen and oxygen atoms in total. The third-order valence-electron chi connectivity index (χ3n) is 5.36. The molecule has 2 unspecified atom stereocenters. The van der Waals surface area contributed by atoms with E-state index in [0.29, 0.717) is 11.5 Å². The Bertz CT molecular complexity index is 274.